The summed E-state index contributed by atoms with van der Waals surface area (Å²) < 4.78 is 0. The molecule has 0 aromatic rings. The number of primary amides is 2. The van der Waals surface area contributed by atoms with Crippen LogP contribution in [-0.2, 0) is 57.5 Å². The summed E-state index contributed by atoms with van der Waals surface area (Å²) in [4.78, 5) is 153. The fraction of sp³-hybridized carbons (Fsp3) is 0.707. The number of hydrogen-bond donors (Lipinski definition) is 15. The molecule has 18 N–H and O–H groups in total. The number of carbonyl (C=O) groups is 12. The Morgan fingerprint density at radius 1 is 0.471 bits per heavy atom. The smallest absolute Gasteiger partial charge is 0.303 e. The zero-order chi connectivity index (χ0) is 52.4. The Hall–Kier alpha value is -6.48. The van der Waals surface area contributed by atoms with Crippen molar-refractivity contribution in [1.82, 2.24) is 42.5 Å². The summed E-state index contributed by atoms with van der Waals surface area (Å²) in [6, 6.07) is -13.3. The van der Waals surface area contributed by atoms with Gasteiger partial charge >= 0.3 is 11.9 Å². The summed E-state index contributed by atoms with van der Waals surface area (Å²) >= 11 is 0. The molecule has 0 aliphatic carbocycles. The third kappa shape index (κ3) is 23.8. The third-order valence-corrected chi connectivity index (χ3v) is 10.0. The van der Waals surface area contributed by atoms with Crippen LogP contribution in [0.2, 0.25) is 0 Å². The predicted octanol–water partition coefficient (Wildman–Crippen LogP) is -5.29. The van der Waals surface area contributed by atoms with Crippen molar-refractivity contribution in [3.8, 4) is 0 Å². The van der Waals surface area contributed by atoms with Gasteiger partial charge in [-0.25, -0.2) is 0 Å². The maximum absolute atomic E-state index is 13.7. The van der Waals surface area contributed by atoms with Crippen molar-refractivity contribution < 1.29 is 78.0 Å². The van der Waals surface area contributed by atoms with Gasteiger partial charge in [-0.15, -0.1) is 0 Å². The molecule has 27 heteroatoms. The molecular weight excluding hydrogens is 903 g/mol. The molecular formula is C41H71N11O16. The topological polar surface area (TPSA) is 460 Å². The van der Waals surface area contributed by atoms with Gasteiger partial charge in [0, 0.05) is 19.3 Å². The Kier molecular flexibility index (Phi) is 28.5. The molecule has 0 saturated carbocycles. The molecule has 10 amide bonds. The van der Waals surface area contributed by atoms with Crippen LogP contribution >= 0.6 is 0 Å². The molecule has 0 heterocycles. The van der Waals surface area contributed by atoms with Gasteiger partial charge in [0.05, 0.1) is 18.8 Å². The molecule has 386 valence electrons. The first-order valence-electron chi connectivity index (χ1n) is 22.2. The number of carboxylic acid groups (broad SMARTS) is 2. The fourth-order valence-corrected chi connectivity index (χ4v) is 6.23. The van der Waals surface area contributed by atoms with Crippen molar-refractivity contribution in [2.24, 2.45) is 23.1 Å². The lowest BCUT2D eigenvalue weighted by molar-refractivity contribution is -0.139. The van der Waals surface area contributed by atoms with E-state index < -0.39 is 177 Å². The van der Waals surface area contributed by atoms with Crippen LogP contribution in [0.15, 0.2) is 0 Å². The third-order valence-electron chi connectivity index (χ3n) is 10.0. The number of carbonyl (C=O) groups excluding carboxylic acids is 10. The maximum atomic E-state index is 13.7. The highest BCUT2D eigenvalue weighted by Gasteiger charge is 2.35. The van der Waals surface area contributed by atoms with E-state index >= 15 is 0 Å². The first kappa shape index (κ1) is 61.5. The molecule has 0 radical (unpaired) electrons. The molecule has 27 nitrogen and oxygen atoms in total. The predicted molar refractivity (Wildman–Crippen MR) is 238 cm³/mol. The Balaban J connectivity index is 6.37. The molecule has 10 atom stereocenters. The average molecular weight is 974 g/mol. The van der Waals surface area contributed by atoms with Crippen molar-refractivity contribution in [3.05, 3.63) is 0 Å². The van der Waals surface area contributed by atoms with Gasteiger partial charge in [-0.05, 0) is 58.3 Å². The first-order chi connectivity index (χ1) is 31.7. The molecule has 0 unspecified atom stereocenters. The van der Waals surface area contributed by atoms with E-state index in [1.54, 1.807) is 27.7 Å². The summed E-state index contributed by atoms with van der Waals surface area (Å²) in [7, 11) is 0. The lowest BCUT2D eigenvalue weighted by Crippen LogP contribution is -2.61. The van der Waals surface area contributed by atoms with Gasteiger partial charge in [0.1, 0.15) is 48.3 Å². The lowest BCUT2D eigenvalue weighted by Gasteiger charge is -2.28. The SMILES string of the molecule is CCC[C@H](NC(=O)[C@H](CCC(N)=O)NC(=O)[C@H](CCC(=O)O)NC(=O)[C@@H](NC(=O)[C@@H](N)CCC)[C@@H](C)O)C(=O)N[C@@H](C)C(=O)N[C@@H](CCC(=O)O)C(=O)N[C@@H](CC(C)C)C(=O)N[C@H](CO)C(N)=O. The highest BCUT2D eigenvalue weighted by molar-refractivity contribution is 5.98. The monoisotopic (exact) mass is 974 g/mol. The summed E-state index contributed by atoms with van der Waals surface area (Å²) in [5, 5.41) is 57.0. The van der Waals surface area contributed by atoms with Crippen LogP contribution in [0.25, 0.3) is 0 Å². The van der Waals surface area contributed by atoms with Gasteiger partial charge in [-0.2, -0.15) is 0 Å². The number of aliphatic hydroxyl groups is 2. The van der Waals surface area contributed by atoms with E-state index in [0.29, 0.717) is 6.42 Å². The highest BCUT2D eigenvalue weighted by Crippen LogP contribution is 2.10. The van der Waals surface area contributed by atoms with Gasteiger partial charge in [0.25, 0.3) is 0 Å². The number of amides is 10. The van der Waals surface area contributed by atoms with Crippen molar-refractivity contribution in [3.63, 3.8) is 0 Å². The fourth-order valence-electron chi connectivity index (χ4n) is 6.23. The van der Waals surface area contributed by atoms with Crippen molar-refractivity contribution >= 4 is 71.0 Å². The Labute approximate surface area is 393 Å². The zero-order valence-electron chi connectivity index (χ0n) is 39.3. The number of nitrogens with one attached hydrogen (secondary N) is 8. The van der Waals surface area contributed by atoms with Gasteiger partial charge < -0.3 is 80.2 Å². The Morgan fingerprint density at radius 3 is 1.25 bits per heavy atom. The maximum Gasteiger partial charge on any atom is 0.303 e. The van der Waals surface area contributed by atoms with Crippen LogP contribution in [0.1, 0.15) is 112 Å². The van der Waals surface area contributed by atoms with Gasteiger partial charge in [-0.3, -0.25) is 57.5 Å². The number of nitrogens with two attached hydrogens (primary N) is 3. The first-order valence-corrected chi connectivity index (χ1v) is 22.2. The highest BCUT2D eigenvalue weighted by atomic mass is 16.4. The average Bonchev–Trinajstić information content (AvgIpc) is 3.24. The summed E-state index contributed by atoms with van der Waals surface area (Å²) in [6.07, 6.45) is -3.87. The van der Waals surface area contributed by atoms with Crippen LogP contribution in [0.3, 0.4) is 0 Å². The van der Waals surface area contributed by atoms with Crippen LogP contribution in [-0.4, -0.2) is 159 Å². The Morgan fingerprint density at radius 2 is 0.853 bits per heavy atom. The van der Waals surface area contributed by atoms with E-state index in [0.717, 1.165) is 0 Å². The van der Waals surface area contributed by atoms with E-state index in [9.17, 15) is 78.0 Å². The normalized spacial score (nSPS) is 15.4. The summed E-state index contributed by atoms with van der Waals surface area (Å²) in [6.45, 7) is 8.34. The van der Waals surface area contributed by atoms with Gasteiger partial charge in [0.15, 0.2) is 0 Å². The summed E-state index contributed by atoms with van der Waals surface area (Å²) in [5.74, 6) is -12.9. The number of hydrogen-bond acceptors (Lipinski definition) is 15. The standard InChI is InChI=1S/C41H71N11O16/c1-7-9-22(42)35(62)52-32(21(6)54)41(68)49-26(13-16-31(58)59)38(65)48-24(11-14-29(43)55)37(64)47-23(10-8-2)36(63)45-20(5)34(61)46-25(12-15-30(56)57)39(66)50-27(17-19(3)4)40(67)51-28(18-53)33(44)60/h19-28,32,53-54H,7-18,42H2,1-6H3,(H2,43,55)(H2,44,60)(H,45,63)(H,46,61)(H,47,64)(H,48,65)(H,49,68)(H,50,66)(H,51,67)(H,52,62)(H,56,57)(H,58,59)/t20-,21+,22-,23-,24-,25-,26-,27-,28+,32-/m0/s1. The molecule has 0 aliphatic heterocycles. The second-order valence-corrected chi connectivity index (χ2v) is 16.6. The number of carboxylic acids is 2. The minimum Gasteiger partial charge on any atom is -0.481 e. The van der Waals surface area contributed by atoms with E-state index in [1.807, 2.05) is 0 Å². The number of aliphatic carboxylic acids is 2. The van der Waals surface area contributed by atoms with E-state index in [2.05, 4.69) is 42.5 Å². The molecule has 0 spiro atoms. The molecule has 0 saturated heterocycles. The quantitative estimate of drug-likeness (QED) is 0.0286. The molecule has 0 aromatic heterocycles. The van der Waals surface area contributed by atoms with Crippen molar-refractivity contribution in [2.75, 3.05) is 6.61 Å². The van der Waals surface area contributed by atoms with Crippen LogP contribution < -0.4 is 59.7 Å². The van der Waals surface area contributed by atoms with Crippen molar-refractivity contribution in [2.45, 2.75) is 173 Å². The van der Waals surface area contributed by atoms with Crippen LogP contribution in [0, 0.1) is 5.92 Å². The Bertz CT molecular complexity index is 1780. The lowest BCUT2D eigenvalue weighted by atomic mass is 10.0. The van der Waals surface area contributed by atoms with E-state index in [1.165, 1.54) is 13.8 Å². The second kappa shape index (κ2) is 31.5. The molecule has 0 aromatic carbocycles. The number of rotatable bonds is 34. The summed E-state index contributed by atoms with van der Waals surface area (Å²) in [5.41, 5.74) is 16.3. The largest absolute Gasteiger partial charge is 0.481 e. The molecule has 68 heavy (non-hydrogen) atoms. The molecule has 0 aliphatic rings. The van der Waals surface area contributed by atoms with Crippen LogP contribution in [0.4, 0.5) is 0 Å². The van der Waals surface area contributed by atoms with Crippen LogP contribution in [0.5, 0.6) is 0 Å². The second-order valence-electron chi connectivity index (χ2n) is 16.6. The minimum absolute atomic E-state index is 0.000481. The molecule has 0 rings (SSSR count). The van der Waals surface area contributed by atoms with Gasteiger partial charge in [-0.1, -0.05) is 40.5 Å². The zero-order valence-corrected chi connectivity index (χ0v) is 39.3. The van der Waals surface area contributed by atoms with E-state index in [4.69, 9.17) is 17.2 Å². The minimum atomic E-state index is -1.70. The molecule has 0 bridgehead atoms. The van der Waals surface area contributed by atoms with Crippen molar-refractivity contribution in [1.29, 1.82) is 0 Å². The van der Waals surface area contributed by atoms with Gasteiger partial charge in [0.2, 0.25) is 59.1 Å². The van der Waals surface area contributed by atoms with E-state index in [-0.39, 0.29) is 31.6 Å². The molecule has 0 fully saturated rings. The number of aliphatic hydroxyl groups excluding tert-OH is 2.